The molecule has 0 fully saturated rings. The molecule has 0 unspecified atom stereocenters. The van der Waals surface area contributed by atoms with Gasteiger partial charge in [0.1, 0.15) is 16.7 Å². The van der Waals surface area contributed by atoms with E-state index in [0.29, 0.717) is 22.5 Å². The molecule has 1 heterocycles. The van der Waals surface area contributed by atoms with Crippen LogP contribution in [0.3, 0.4) is 0 Å². The number of anilines is 1. The molecule has 1 N–H and O–H groups in total. The molecule has 0 aliphatic rings. The van der Waals surface area contributed by atoms with Crippen LogP contribution in [0.4, 0.5) is 5.69 Å². The zero-order valence-electron chi connectivity index (χ0n) is 10.1. The number of methoxy groups -OCH3 is 1. The highest BCUT2D eigenvalue weighted by Crippen LogP contribution is 2.27. The van der Waals surface area contributed by atoms with Crippen molar-refractivity contribution in [2.45, 2.75) is 6.54 Å². The van der Waals surface area contributed by atoms with Crippen LogP contribution < -0.4 is 10.1 Å². The van der Waals surface area contributed by atoms with E-state index in [9.17, 15) is 0 Å². The number of ether oxygens (including phenoxy) is 1. The first-order valence-electron chi connectivity index (χ1n) is 5.35. The van der Waals surface area contributed by atoms with Crippen molar-refractivity contribution in [2.75, 3.05) is 12.4 Å². The Hall–Kier alpha value is -1.39. The molecule has 2 aromatic rings. The van der Waals surface area contributed by atoms with E-state index in [1.165, 1.54) is 0 Å². The quantitative estimate of drug-likeness (QED) is 0.936. The number of benzene rings is 1. The molecule has 0 spiro atoms. The van der Waals surface area contributed by atoms with E-state index in [4.69, 9.17) is 27.9 Å². The molecule has 1 aromatic carbocycles. The Labute approximate surface area is 115 Å². The molecule has 96 valence electrons. The minimum atomic E-state index is 0.570. The predicted octanol–water partition coefficient (Wildman–Crippen LogP) is 3.35. The van der Waals surface area contributed by atoms with E-state index >= 15 is 0 Å². The number of hydrogen-bond acceptors (Lipinski definition) is 3. The summed E-state index contributed by atoms with van der Waals surface area (Å²) in [4.78, 5) is 4.20. The van der Waals surface area contributed by atoms with Gasteiger partial charge >= 0.3 is 0 Å². The SMILES string of the molecule is COc1ccc(NCc2ncc(Cl)n2C)cc1Cl. The third kappa shape index (κ3) is 2.71. The van der Waals surface area contributed by atoms with Crippen LogP contribution in [0.1, 0.15) is 5.82 Å². The van der Waals surface area contributed by atoms with Gasteiger partial charge < -0.3 is 14.6 Å². The van der Waals surface area contributed by atoms with Crippen LogP contribution in [0, 0.1) is 0 Å². The fourth-order valence-electron chi connectivity index (χ4n) is 1.55. The zero-order chi connectivity index (χ0) is 13.1. The van der Waals surface area contributed by atoms with Gasteiger partial charge in [0.25, 0.3) is 0 Å². The van der Waals surface area contributed by atoms with Crippen molar-refractivity contribution in [2.24, 2.45) is 7.05 Å². The van der Waals surface area contributed by atoms with Crippen molar-refractivity contribution in [1.29, 1.82) is 0 Å². The molecule has 0 bridgehead atoms. The van der Waals surface area contributed by atoms with Gasteiger partial charge in [-0.1, -0.05) is 23.2 Å². The number of halogens is 2. The van der Waals surface area contributed by atoms with Gasteiger partial charge in [-0.15, -0.1) is 0 Å². The molecule has 0 radical (unpaired) electrons. The number of hydrogen-bond donors (Lipinski definition) is 1. The maximum Gasteiger partial charge on any atom is 0.137 e. The Morgan fingerprint density at radius 1 is 1.39 bits per heavy atom. The monoisotopic (exact) mass is 285 g/mol. The van der Waals surface area contributed by atoms with Crippen molar-refractivity contribution in [3.8, 4) is 5.75 Å². The first kappa shape index (κ1) is 13.1. The van der Waals surface area contributed by atoms with Crippen LogP contribution in [0.25, 0.3) is 0 Å². The summed E-state index contributed by atoms with van der Waals surface area (Å²) in [6.45, 7) is 0.575. The van der Waals surface area contributed by atoms with Gasteiger partial charge in [0.05, 0.1) is 24.9 Å². The summed E-state index contributed by atoms with van der Waals surface area (Å²) >= 11 is 12.0. The van der Waals surface area contributed by atoms with Crippen LogP contribution in [0.15, 0.2) is 24.4 Å². The highest BCUT2D eigenvalue weighted by atomic mass is 35.5. The van der Waals surface area contributed by atoms with Crippen molar-refractivity contribution >= 4 is 28.9 Å². The average molecular weight is 286 g/mol. The Kier molecular flexibility index (Phi) is 3.99. The van der Waals surface area contributed by atoms with Gasteiger partial charge in [-0.2, -0.15) is 0 Å². The Morgan fingerprint density at radius 2 is 2.17 bits per heavy atom. The minimum absolute atomic E-state index is 0.570. The van der Waals surface area contributed by atoms with Gasteiger partial charge in [-0.25, -0.2) is 4.98 Å². The molecule has 0 aliphatic carbocycles. The van der Waals surface area contributed by atoms with E-state index in [-0.39, 0.29) is 0 Å². The maximum absolute atomic E-state index is 6.04. The highest BCUT2D eigenvalue weighted by Gasteiger charge is 2.05. The third-order valence-electron chi connectivity index (χ3n) is 2.63. The summed E-state index contributed by atoms with van der Waals surface area (Å²) < 4.78 is 6.91. The van der Waals surface area contributed by atoms with E-state index < -0.39 is 0 Å². The molecular weight excluding hydrogens is 273 g/mol. The largest absolute Gasteiger partial charge is 0.495 e. The Bertz CT molecular complexity index is 554. The van der Waals surface area contributed by atoms with E-state index in [1.54, 1.807) is 13.3 Å². The molecule has 0 atom stereocenters. The van der Waals surface area contributed by atoms with Crippen molar-refractivity contribution in [3.05, 3.63) is 40.4 Å². The van der Waals surface area contributed by atoms with Crippen molar-refractivity contribution < 1.29 is 4.74 Å². The number of rotatable bonds is 4. The van der Waals surface area contributed by atoms with E-state index in [2.05, 4.69) is 10.3 Å². The molecule has 2 rings (SSSR count). The average Bonchev–Trinajstić information content (AvgIpc) is 2.68. The van der Waals surface area contributed by atoms with Gasteiger partial charge in [0.2, 0.25) is 0 Å². The fraction of sp³-hybridized carbons (Fsp3) is 0.250. The number of nitrogens with zero attached hydrogens (tertiary/aromatic N) is 2. The first-order valence-corrected chi connectivity index (χ1v) is 6.11. The molecule has 0 aliphatic heterocycles. The third-order valence-corrected chi connectivity index (χ3v) is 3.28. The summed E-state index contributed by atoms with van der Waals surface area (Å²) in [7, 11) is 3.46. The molecule has 0 amide bonds. The van der Waals surface area contributed by atoms with E-state index in [0.717, 1.165) is 11.5 Å². The standard InChI is InChI=1S/C12H13Cl2N3O/c1-17-11(14)6-16-12(17)7-15-8-3-4-10(18-2)9(13)5-8/h3-6,15H,7H2,1-2H3. The van der Waals surface area contributed by atoms with Crippen molar-refractivity contribution in [1.82, 2.24) is 9.55 Å². The van der Waals surface area contributed by atoms with Crippen LogP contribution in [-0.2, 0) is 13.6 Å². The molecule has 0 saturated carbocycles. The number of nitrogens with one attached hydrogen (secondary N) is 1. The summed E-state index contributed by atoms with van der Waals surface area (Å²) in [6, 6.07) is 5.52. The molecule has 6 heteroatoms. The van der Waals surface area contributed by atoms with Gasteiger partial charge in [0.15, 0.2) is 0 Å². The summed E-state index contributed by atoms with van der Waals surface area (Å²) in [5, 5.41) is 4.41. The van der Waals surface area contributed by atoms with E-state index in [1.807, 2.05) is 29.8 Å². The molecule has 4 nitrogen and oxygen atoms in total. The van der Waals surface area contributed by atoms with Crippen LogP contribution >= 0.6 is 23.2 Å². The van der Waals surface area contributed by atoms with Crippen molar-refractivity contribution in [3.63, 3.8) is 0 Å². The second-order valence-corrected chi connectivity index (χ2v) is 4.55. The maximum atomic E-state index is 6.04. The topological polar surface area (TPSA) is 39.1 Å². The van der Waals surface area contributed by atoms with Crippen LogP contribution in [0.5, 0.6) is 5.75 Å². The highest BCUT2D eigenvalue weighted by molar-refractivity contribution is 6.32. The van der Waals surface area contributed by atoms with Crippen LogP contribution in [0.2, 0.25) is 10.2 Å². The predicted molar refractivity (Wildman–Crippen MR) is 73.5 cm³/mol. The summed E-state index contributed by atoms with van der Waals surface area (Å²) in [5.41, 5.74) is 0.903. The van der Waals surface area contributed by atoms with Crippen LogP contribution in [-0.4, -0.2) is 16.7 Å². The lowest BCUT2D eigenvalue weighted by molar-refractivity contribution is 0.415. The Balaban J connectivity index is 2.06. The first-order chi connectivity index (χ1) is 8.61. The molecule has 0 saturated heterocycles. The second-order valence-electron chi connectivity index (χ2n) is 3.76. The lowest BCUT2D eigenvalue weighted by atomic mass is 10.3. The number of imidazole rings is 1. The normalized spacial score (nSPS) is 10.4. The molecular formula is C12H13Cl2N3O. The summed E-state index contributed by atoms with van der Waals surface area (Å²) in [5.74, 6) is 1.51. The molecule has 1 aromatic heterocycles. The fourth-order valence-corrected chi connectivity index (χ4v) is 1.95. The summed E-state index contributed by atoms with van der Waals surface area (Å²) in [6.07, 6.45) is 1.62. The van der Waals surface area contributed by atoms with Gasteiger partial charge in [-0.3, -0.25) is 0 Å². The lowest BCUT2D eigenvalue weighted by Crippen LogP contribution is -2.06. The lowest BCUT2D eigenvalue weighted by Gasteiger charge is -2.09. The minimum Gasteiger partial charge on any atom is -0.495 e. The Morgan fingerprint density at radius 3 is 2.72 bits per heavy atom. The second kappa shape index (κ2) is 5.50. The number of aromatic nitrogens is 2. The van der Waals surface area contributed by atoms with Gasteiger partial charge in [-0.05, 0) is 18.2 Å². The zero-order valence-corrected chi connectivity index (χ0v) is 11.6. The molecule has 18 heavy (non-hydrogen) atoms. The smallest absolute Gasteiger partial charge is 0.137 e. The van der Waals surface area contributed by atoms with Gasteiger partial charge in [0, 0.05) is 12.7 Å².